The van der Waals surface area contributed by atoms with Crippen molar-refractivity contribution in [1.29, 1.82) is 0 Å². The van der Waals surface area contributed by atoms with Crippen LogP contribution in [-0.2, 0) is 4.79 Å². The van der Waals surface area contributed by atoms with Crippen LogP contribution >= 0.6 is 22.9 Å². The summed E-state index contributed by atoms with van der Waals surface area (Å²) in [4.78, 5) is 30.7. The maximum Gasteiger partial charge on any atom is 0.319 e. The molecule has 4 aromatic rings. The van der Waals surface area contributed by atoms with Crippen molar-refractivity contribution in [2.45, 2.75) is 43.8 Å². The second-order valence-corrected chi connectivity index (χ2v) is 11.9. The number of nitrogens with one attached hydrogen (secondary N) is 1. The third kappa shape index (κ3) is 4.06. The molecule has 3 N–H and O–H groups in total. The van der Waals surface area contributed by atoms with Gasteiger partial charge in [0.05, 0.1) is 15.2 Å². The Hall–Kier alpha value is -3.28. The van der Waals surface area contributed by atoms with Crippen LogP contribution in [0.15, 0.2) is 24.3 Å². The molecule has 3 unspecified atom stereocenters. The average Bonchev–Trinajstić information content (AvgIpc) is 3.60. The van der Waals surface area contributed by atoms with Crippen molar-refractivity contribution in [3.05, 3.63) is 35.1 Å². The van der Waals surface area contributed by atoms with Crippen LogP contribution < -0.4 is 20.7 Å². The minimum Gasteiger partial charge on any atom is -0.462 e. The zero-order valence-electron chi connectivity index (χ0n) is 21.3. The number of carbonyl (C=O) groups excluding carboxylic acids is 1. The first kappa shape index (κ1) is 24.7. The van der Waals surface area contributed by atoms with E-state index in [-0.39, 0.29) is 46.1 Å². The molecule has 2 bridgehead atoms. The second-order valence-electron chi connectivity index (χ2n) is 10.5. The van der Waals surface area contributed by atoms with Gasteiger partial charge in [-0.3, -0.25) is 4.79 Å². The molecule has 202 valence electrons. The Morgan fingerprint density at radius 3 is 2.92 bits per heavy atom. The predicted octanol–water partition coefficient (Wildman–Crippen LogP) is 4.22. The van der Waals surface area contributed by atoms with Crippen LogP contribution in [0.2, 0.25) is 5.02 Å². The van der Waals surface area contributed by atoms with E-state index < -0.39 is 5.82 Å². The van der Waals surface area contributed by atoms with E-state index in [1.54, 1.807) is 12.1 Å². The zero-order chi connectivity index (χ0) is 26.8. The minimum atomic E-state index is -0.586. The number of halogens is 2. The van der Waals surface area contributed by atoms with Crippen molar-refractivity contribution in [1.82, 2.24) is 25.2 Å². The van der Waals surface area contributed by atoms with Crippen LogP contribution in [0, 0.1) is 5.82 Å². The lowest BCUT2D eigenvalue weighted by atomic mass is 10.0. The van der Waals surface area contributed by atoms with Crippen molar-refractivity contribution in [3.8, 4) is 17.1 Å². The van der Waals surface area contributed by atoms with Gasteiger partial charge in [-0.2, -0.15) is 9.97 Å². The second kappa shape index (κ2) is 9.42. The van der Waals surface area contributed by atoms with Gasteiger partial charge in [-0.15, -0.1) is 0 Å². The van der Waals surface area contributed by atoms with Crippen molar-refractivity contribution in [3.63, 3.8) is 0 Å². The van der Waals surface area contributed by atoms with Crippen LogP contribution in [0.1, 0.15) is 25.7 Å². The number of carbonyl (C=O) groups is 1. The summed E-state index contributed by atoms with van der Waals surface area (Å²) < 4.78 is 23.5. The van der Waals surface area contributed by atoms with Gasteiger partial charge in [0.1, 0.15) is 24.0 Å². The summed E-state index contributed by atoms with van der Waals surface area (Å²) in [5, 5.41) is 4.02. The standard InChI is InChI=1S/C27H27ClFN7O2S/c1-35-9-3-4-14(35)12-38-27-33-23-16(24(34-27)36-13-7-8-18(36)25(37)31-11-13)10-17(28)20(21(23)29)15-5-2-6-19-22(15)32-26(30)39-19/h2,5-6,10,13-14,18H,3-4,7-9,11-12H2,1H3,(H2,30,32)(H,31,37). The highest BCUT2D eigenvalue weighted by molar-refractivity contribution is 7.22. The van der Waals surface area contributed by atoms with Gasteiger partial charge >= 0.3 is 6.01 Å². The van der Waals surface area contributed by atoms with Crippen LogP contribution in [0.4, 0.5) is 15.3 Å². The monoisotopic (exact) mass is 567 g/mol. The predicted molar refractivity (Wildman–Crippen MR) is 151 cm³/mol. The fraction of sp³-hybridized carbons (Fsp3) is 0.407. The van der Waals surface area contributed by atoms with Gasteiger partial charge in [-0.25, -0.2) is 9.37 Å². The summed E-state index contributed by atoms with van der Waals surface area (Å²) in [6.07, 6.45) is 3.65. The molecule has 39 heavy (non-hydrogen) atoms. The maximum atomic E-state index is 16.6. The molecule has 7 rings (SSSR count). The number of rotatable bonds is 5. The highest BCUT2D eigenvalue weighted by Crippen LogP contribution is 2.43. The average molecular weight is 568 g/mol. The quantitative estimate of drug-likeness (QED) is 0.369. The van der Waals surface area contributed by atoms with E-state index in [0.29, 0.717) is 47.0 Å². The van der Waals surface area contributed by atoms with Gasteiger partial charge in [0.25, 0.3) is 0 Å². The van der Waals surface area contributed by atoms with E-state index in [2.05, 4.69) is 27.2 Å². The van der Waals surface area contributed by atoms with Gasteiger partial charge in [0.15, 0.2) is 10.9 Å². The first-order chi connectivity index (χ1) is 18.9. The number of benzene rings is 2. The zero-order valence-corrected chi connectivity index (χ0v) is 22.9. The number of amides is 1. The molecule has 1 amide bonds. The Kier molecular flexibility index (Phi) is 5.98. The van der Waals surface area contributed by atoms with Crippen molar-refractivity contribution in [2.24, 2.45) is 0 Å². The number of nitrogens with zero attached hydrogens (tertiary/aromatic N) is 5. The van der Waals surface area contributed by atoms with E-state index >= 15 is 4.39 Å². The maximum absolute atomic E-state index is 16.6. The SMILES string of the molecule is CN1CCCC1COc1nc(N2C3CCC2C(=O)NC3)c2cc(Cl)c(-c3cccc4sc(N)nc34)c(F)c2n1. The number of fused-ring (bicyclic) bond motifs is 4. The molecule has 3 fully saturated rings. The molecular weight excluding hydrogens is 541 g/mol. The summed E-state index contributed by atoms with van der Waals surface area (Å²) in [6, 6.07) is 7.19. The van der Waals surface area contributed by atoms with Gasteiger partial charge in [0.2, 0.25) is 5.91 Å². The van der Waals surface area contributed by atoms with Gasteiger partial charge in [0, 0.05) is 35.1 Å². The molecule has 3 aliphatic heterocycles. The highest BCUT2D eigenvalue weighted by Gasteiger charge is 2.43. The lowest BCUT2D eigenvalue weighted by Crippen LogP contribution is -2.56. The van der Waals surface area contributed by atoms with Crippen molar-refractivity contribution >= 4 is 60.9 Å². The number of likely N-dealkylation sites (N-methyl/N-ethyl adjacent to an activating group) is 1. The van der Waals surface area contributed by atoms with Crippen molar-refractivity contribution < 1.29 is 13.9 Å². The number of nitrogens with two attached hydrogens (primary N) is 1. The number of piperazine rings is 1. The van der Waals surface area contributed by atoms with E-state index in [0.717, 1.165) is 30.5 Å². The number of thiazole rings is 1. The highest BCUT2D eigenvalue weighted by atomic mass is 35.5. The van der Waals surface area contributed by atoms with Gasteiger partial charge in [-0.05, 0) is 51.4 Å². The van der Waals surface area contributed by atoms with Crippen LogP contribution in [0.3, 0.4) is 0 Å². The number of hydrogen-bond acceptors (Lipinski definition) is 9. The first-order valence-corrected chi connectivity index (χ1v) is 14.3. The molecule has 5 heterocycles. The third-order valence-electron chi connectivity index (χ3n) is 8.19. The molecule has 9 nitrogen and oxygen atoms in total. The smallest absolute Gasteiger partial charge is 0.319 e. The molecule has 3 atom stereocenters. The summed E-state index contributed by atoms with van der Waals surface area (Å²) in [5.41, 5.74) is 7.39. The lowest BCUT2D eigenvalue weighted by molar-refractivity contribution is -0.122. The molecule has 3 aliphatic rings. The molecule has 2 aromatic carbocycles. The summed E-state index contributed by atoms with van der Waals surface area (Å²) in [5.74, 6) is -0.168. The molecule has 3 saturated heterocycles. The molecule has 2 aromatic heterocycles. The van der Waals surface area contributed by atoms with E-state index in [1.807, 2.05) is 17.0 Å². The molecule has 0 spiro atoms. The Labute approximate surface area is 233 Å². The third-order valence-corrected chi connectivity index (χ3v) is 9.33. The number of para-hydroxylation sites is 1. The fourth-order valence-corrected chi connectivity index (χ4v) is 7.25. The summed E-state index contributed by atoms with van der Waals surface area (Å²) >= 11 is 8.13. The number of likely N-dealkylation sites (tertiary alicyclic amines) is 1. The number of nitrogen functional groups attached to an aromatic ring is 1. The largest absolute Gasteiger partial charge is 0.462 e. The normalized spacial score (nSPS) is 23.2. The molecular formula is C27H27ClFN7O2S. The van der Waals surface area contributed by atoms with Gasteiger partial charge < -0.3 is 25.6 Å². The molecule has 0 aliphatic carbocycles. The molecule has 0 radical (unpaired) electrons. The number of ether oxygens (including phenoxy) is 1. The van der Waals surface area contributed by atoms with E-state index in [9.17, 15) is 4.79 Å². The fourth-order valence-electron chi connectivity index (χ4n) is 6.19. The minimum absolute atomic E-state index is 0.0489. The number of hydrogen-bond donors (Lipinski definition) is 2. The summed E-state index contributed by atoms with van der Waals surface area (Å²) in [6.45, 7) is 1.91. The summed E-state index contributed by atoms with van der Waals surface area (Å²) in [7, 11) is 2.07. The van der Waals surface area contributed by atoms with Gasteiger partial charge in [-0.1, -0.05) is 35.1 Å². The first-order valence-electron chi connectivity index (χ1n) is 13.1. The Balaban J connectivity index is 1.41. The van der Waals surface area contributed by atoms with Crippen molar-refractivity contribution in [2.75, 3.05) is 37.4 Å². The molecule has 0 saturated carbocycles. The number of aromatic nitrogens is 3. The van der Waals surface area contributed by atoms with E-state index in [4.69, 9.17) is 27.1 Å². The van der Waals surface area contributed by atoms with Crippen LogP contribution in [-0.4, -0.2) is 70.6 Å². The van der Waals surface area contributed by atoms with Crippen LogP contribution in [0.5, 0.6) is 6.01 Å². The Bertz CT molecular complexity index is 1630. The van der Waals surface area contributed by atoms with Crippen LogP contribution in [0.25, 0.3) is 32.2 Å². The Morgan fingerprint density at radius 1 is 1.23 bits per heavy atom. The lowest BCUT2D eigenvalue weighted by Gasteiger charge is -2.36. The molecule has 12 heteroatoms. The Morgan fingerprint density at radius 2 is 2.10 bits per heavy atom. The topological polar surface area (TPSA) is 110 Å². The van der Waals surface area contributed by atoms with E-state index in [1.165, 1.54) is 11.3 Å². The number of anilines is 2.